The van der Waals surface area contributed by atoms with Gasteiger partial charge in [-0.05, 0) is 30.3 Å². The quantitative estimate of drug-likeness (QED) is 0.213. The fraction of sp³-hybridized carbons (Fsp3) is 0. The number of hydrogen-bond acceptors (Lipinski definition) is 4. The molecule has 206 valence electrons. The van der Waals surface area contributed by atoms with Crippen molar-refractivity contribution >= 4 is 43.7 Å². The van der Waals surface area contributed by atoms with Crippen LogP contribution in [-0.4, -0.2) is 19.5 Å². The zero-order valence-electron chi connectivity index (χ0n) is 23.6. The minimum atomic E-state index is 0.607. The third-order valence-corrected chi connectivity index (χ3v) is 8.26. The highest BCUT2D eigenvalue weighted by molar-refractivity contribution is 6.21. The van der Waals surface area contributed by atoms with E-state index in [0.717, 1.165) is 66.1 Å². The predicted octanol–water partition coefficient (Wildman–Crippen LogP) is 9.87. The number of para-hydroxylation sites is 3. The van der Waals surface area contributed by atoms with Gasteiger partial charge in [0, 0.05) is 38.2 Å². The number of nitrogens with zero attached hydrogens (tertiary/aromatic N) is 4. The first-order valence-corrected chi connectivity index (χ1v) is 14.6. The molecule has 0 fully saturated rings. The standard InChI is InChI=1S/C39H24N4O/c1-3-13-25(14-4-1)37-40-38(26-15-5-2-6-16-26)42-39(41-37)31-19-8-11-21-33(31)43-32-20-10-7-17-27(32)29-23-24-30-28-18-9-12-22-34(28)44-36(30)35(29)43/h1-24H. The van der Waals surface area contributed by atoms with Crippen LogP contribution in [0.3, 0.4) is 0 Å². The second-order valence-electron chi connectivity index (χ2n) is 10.8. The van der Waals surface area contributed by atoms with E-state index in [2.05, 4.69) is 71.3 Å². The zero-order chi connectivity index (χ0) is 29.0. The Morgan fingerprint density at radius 2 is 1.00 bits per heavy atom. The van der Waals surface area contributed by atoms with E-state index in [0.29, 0.717) is 17.5 Å². The van der Waals surface area contributed by atoms with Crippen molar-refractivity contribution in [2.45, 2.75) is 0 Å². The van der Waals surface area contributed by atoms with Gasteiger partial charge < -0.3 is 8.98 Å². The summed E-state index contributed by atoms with van der Waals surface area (Å²) >= 11 is 0. The molecule has 6 aromatic carbocycles. The maximum atomic E-state index is 6.59. The second-order valence-corrected chi connectivity index (χ2v) is 10.8. The third kappa shape index (κ3) is 3.76. The smallest absolute Gasteiger partial charge is 0.166 e. The molecule has 0 aliphatic rings. The molecular formula is C39H24N4O. The fourth-order valence-electron chi connectivity index (χ4n) is 6.27. The van der Waals surface area contributed by atoms with Crippen molar-refractivity contribution in [3.63, 3.8) is 0 Å². The third-order valence-electron chi connectivity index (χ3n) is 8.26. The van der Waals surface area contributed by atoms with Gasteiger partial charge in [-0.2, -0.15) is 0 Å². The number of furan rings is 1. The Hall–Kier alpha value is -6.07. The average Bonchev–Trinajstić information content (AvgIpc) is 3.65. The first-order valence-electron chi connectivity index (χ1n) is 14.6. The van der Waals surface area contributed by atoms with Crippen molar-refractivity contribution < 1.29 is 4.42 Å². The van der Waals surface area contributed by atoms with Crippen molar-refractivity contribution in [2.75, 3.05) is 0 Å². The van der Waals surface area contributed by atoms with Crippen LogP contribution >= 0.6 is 0 Å². The molecule has 0 spiro atoms. The molecule has 44 heavy (non-hydrogen) atoms. The van der Waals surface area contributed by atoms with E-state index < -0.39 is 0 Å². The first kappa shape index (κ1) is 24.5. The number of hydrogen-bond donors (Lipinski definition) is 0. The van der Waals surface area contributed by atoms with Gasteiger partial charge in [0.25, 0.3) is 0 Å². The number of benzene rings is 6. The van der Waals surface area contributed by atoms with Crippen LogP contribution in [0.1, 0.15) is 0 Å². The molecule has 0 bridgehead atoms. The Labute approximate surface area is 252 Å². The van der Waals surface area contributed by atoms with Gasteiger partial charge in [-0.15, -0.1) is 0 Å². The average molecular weight is 565 g/mol. The van der Waals surface area contributed by atoms with Crippen molar-refractivity contribution in [1.82, 2.24) is 19.5 Å². The molecule has 5 nitrogen and oxygen atoms in total. The van der Waals surface area contributed by atoms with Gasteiger partial charge in [-0.3, -0.25) is 0 Å². The van der Waals surface area contributed by atoms with Crippen molar-refractivity contribution in [2.24, 2.45) is 0 Å². The zero-order valence-corrected chi connectivity index (χ0v) is 23.6. The van der Waals surface area contributed by atoms with Crippen molar-refractivity contribution in [3.05, 3.63) is 146 Å². The lowest BCUT2D eigenvalue weighted by Crippen LogP contribution is -2.03. The summed E-state index contributed by atoms with van der Waals surface area (Å²) in [6, 6.07) is 49.6. The molecule has 0 N–H and O–H groups in total. The highest BCUT2D eigenvalue weighted by atomic mass is 16.3. The van der Waals surface area contributed by atoms with Gasteiger partial charge in [0.15, 0.2) is 23.1 Å². The maximum absolute atomic E-state index is 6.59. The highest BCUT2D eigenvalue weighted by Gasteiger charge is 2.22. The lowest BCUT2D eigenvalue weighted by molar-refractivity contribution is 0.671. The summed E-state index contributed by atoms with van der Waals surface area (Å²) in [4.78, 5) is 15.0. The van der Waals surface area contributed by atoms with E-state index in [-0.39, 0.29) is 0 Å². The molecule has 0 aliphatic heterocycles. The van der Waals surface area contributed by atoms with Crippen LogP contribution in [0.5, 0.6) is 0 Å². The molecular weight excluding hydrogens is 540 g/mol. The molecule has 3 aromatic heterocycles. The van der Waals surface area contributed by atoms with Gasteiger partial charge in [-0.1, -0.05) is 115 Å². The molecule has 0 saturated heterocycles. The molecule has 0 saturated carbocycles. The summed E-state index contributed by atoms with van der Waals surface area (Å²) in [5.74, 6) is 1.87. The second kappa shape index (κ2) is 9.75. The Balaban J connectivity index is 1.37. The Morgan fingerprint density at radius 3 is 1.75 bits per heavy atom. The number of aromatic nitrogens is 4. The van der Waals surface area contributed by atoms with E-state index in [1.807, 2.05) is 78.9 Å². The van der Waals surface area contributed by atoms with Crippen molar-refractivity contribution in [1.29, 1.82) is 0 Å². The summed E-state index contributed by atoms with van der Waals surface area (Å²) in [6.45, 7) is 0. The molecule has 9 rings (SSSR count). The number of fused-ring (bicyclic) bond motifs is 7. The van der Waals surface area contributed by atoms with E-state index in [1.165, 1.54) is 0 Å². The Kier molecular flexibility index (Phi) is 5.43. The minimum absolute atomic E-state index is 0.607. The summed E-state index contributed by atoms with van der Waals surface area (Å²) in [7, 11) is 0. The van der Waals surface area contributed by atoms with E-state index in [4.69, 9.17) is 19.4 Å². The van der Waals surface area contributed by atoms with Crippen LogP contribution in [0.4, 0.5) is 0 Å². The van der Waals surface area contributed by atoms with Crippen LogP contribution in [0.25, 0.3) is 83.6 Å². The van der Waals surface area contributed by atoms with Crippen LogP contribution in [0.15, 0.2) is 150 Å². The lowest BCUT2D eigenvalue weighted by Gasteiger charge is -2.14. The van der Waals surface area contributed by atoms with Crippen LogP contribution < -0.4 is 0 Å². The van der Waals surface area contributed by atoms with Crippen molar-refractivity contribution in [3.8, 4) is 39.9 Å². The Morgan fingerprint density at radius 1 is 0.432 bits per heavy atom. The Bertz CT molecular complexity index is 2440. The van der Waals surface area contributed by atoms with Gasteiger partial charge in [0.05, 0.1) is 16.7 Å². The number of rotatable bonds is 4. The SMILES string of the molecule is c1ccc(-c2nc(-c3ccccc3)nc(-c3ccccc3-n3c4ccccc4c4ccc5c6ccccc6oc5c43)n2)cc1. The van der Waals surface area contributed by atoms with E-state index >= 15 is 0 Å². The minimum Gasteiger partial charge on any atom is -0.454 e. The fourth-order valence-corrected chi connectivity index (χ4v) is 6.27. The largest absolute Gasteiger partial charge is 0.454 e. The normalized spacial score (nSPS) is 11.6. The summed E-state index contributed by atoms with van der Waals surface area (Å²) in [5.41, 5.74) is 7.59. The lowest BCUT2D eigenvalue weighted by atomic mass is 10.1. The summed E-state index contributed by atoms with van der Waals surface area (Å²) in [5, 5.41) is 4.48. The monoisotopic (exact) mass is 564 g/mol. The summed E-state index contributed by atoms with van der Waals surface area (Å²) < 4.78 is 8.90. The molecule has 0 unspecified atom stereocenters. The van der Waals surface area contributed by atoms with E-state index in [1.54, 1.807) is 0 Å². The molecule has 0 amide bonds. The van der Waals surface area contributed by atoms with Crippen LogP contribution in [0, 0.1) is 0 Å². The summed E-state index contributed by atoms with van der Waals surface area (Å²) in [6.07, 6.45) is 0. The van der Waals surface area contributed by atoms with Gasteiger partial charge in [0.2, 0.25) is 0 Å². The molecule has 5 heteroatoms. The first-order chi connectivity index (χ1) is 21.8. The molecule has 0 aliphatic carbocycles. The highest BCUT2D eigenvalue weighted by Crippen LogP contribution is 2.41. The molecule has 3 heterocycles. The van der Waals surface area contributed by atoms with Gasteiger partial charge >= 0.3 is 0 Å². The van der Waals surface area contributed by atoms with Gasteiger partial charge in [-0.25, -0.2) is 15.0 Å². The van der Waals surface area contributed by atoms with Crippen LogP contribution in [0.2, 0.25) is 0 Å². The van der Waals surface area contributed by atoms with Gasteiger partial charge in [0.1, 0.15) is 5.58 Å². The molecule has 0 atom stereocenters. The maximum Gasteiger partial charge on any atom is 0.166 e. The predicted molar refractivity (Wildman–Crippen MR) is 178 cm³/mol. The topological polar surface area (TPSA) is 56.7 Å². The molecule has 0 radical (unpaired) electrons. The molecule has 9 aromatic rings. The van der Waals surface area contributed by atoms with E-state index in [9.17, 15) is 0 Å². The van der Waals surface area contributed by atoms with Crippen LogP contribution in [-0.2, 0) is 0 Å².